The third-order valence-corrected chi connectivity index (χ3v) is 3.15. The van der Waals surface area contributed by atoms with Crippen LogP contribution in [0.15, 0.2) is 24.3 Å². The third-order valence-electron chi connectivity index (χ3n) is 3.15. The lowest BCUT2D eigenvalue weighted by atomic mass is 10.2. The Morgan fingerprint density at radius 1 is 1.16 bits per heavy atom. The van der Waals surface area contributed by atoms with Gasteiger partial charge in [0.1, 0.15) is 5.75 Å². The lowest BCUT2D eigenvalue weighted by Gasteiger charge is -2.20. The van der Waals surface area contributed by atoms with E-state index in [4.69, 9.17) is 0 Å². The fourth-order valence-corrected chi connectivity index (χ4v) is 1.96. The molecule has 3 amide bonds. The molecule has 6 nitrogen and oxygen atoms in total. The van der Waals surface area contributed by atoms with Crippen molar-refractivity contribution in [1.82, 2.24) is 15.5 Å². The van der Waals surface area contributed by atoms with Gasteiger partial charge >= 0.3 is 12.4 Å². The second-order valence-electron chi connectivity index (χ2n) is 5.34. The molecule has 1 rings (SSSR count). The Labute approximate surface area is 144 Å². The average Bonchev–Trinajstić information content (AvgIpc) is 2.53. The summed E-state index contributed by atoms with van der Waals surface area (Å²) in [6, 6.07) is 5.11. The van der Waals surface area contributed by atoms with Crippen LogP contribution in [0.5, 0.6) is 5.75 Å². The zero-order chi connectivity index (χ0) is 18.9. The maximum absolute atomic E-state index is 12.4. The summed E-state index contributed by atoms with van der Waals surface area (Å²) < 4.78 is 41.1. The van der Waals surface area contributed by atoms with Gasteiger partial charge in [-0.1, -0.05) is 25.1 Å². The van der Waals surface area contributed by atoms with E-state index < -0.39 is 12.4 Å². The SMILES string of the molecule is CCCNC(=O)CCNC(=O)N(C)Cc1ccccc1OC(F)(F)F. The molecule has 0 saturated carbocycles. The lowest BCUT2D eigenvalue weighted by molar-refractivity contribution is -0.275. The van der Waals surface area contributed by atoms with Crippen LogP contribution in [-0.2, 0) is 11.3 Å². The molecule has 0 aliphatic carbocycles. The number of hydrogen-bond acceptors (Lipinski definition) is 3. The molecule has 25 heavy (non-hydrogen) atoms. The van der Waals surface area contributed by atoms with Gasteiger partial charge in [0.25, 0.3) is 0 Å². The van der Waals surface area contributed by atoms with Crippen LogP contribution in [-0.4, -0.2) is 43.3 Å². The Hall–Kier alpha value is -2.45. The smallest absolute Gasteiger partial charge is 0.405 e. The first-order valence-electron chi connectivity index (χ1n) is 7.82. The van der Waals surface area contributed by atoms with Gasteiger partial charge in [0.15, 0.2) is 0 Å². The monoisotopic (exact) mass is 361 g/mol. The van der Waals surface area contributed by atoms with Crippen LogP contribution in [0.4, 0.5) is 18.0 Å². The Morgan fingerprint density at radius 3 is 2.48 bits per heavy atom. The van der Waals surface area contributed by atoms with Crippen molar-refractivity contribution < 1.29 is 27.5 Å². The minimum Gasteiger partial charge on any atom is -0.405 e. The van der Waals surface area contributed by atoms with Gasteiger partial charge in [0, 0.05) is 32.1 Å². The number of rotatable bonds is 8. The van der Waals surface area contributed by atoms with Crippen LogP contribution < -0.4 is 15.4 Å². The zero-order valence-electron chi connectivity index (χ0n) is 14.2. The Balaban J connectivity index is 2.51. The molecule has 2 N–H and O–H groups in total. The number of benzene rings is 1. The molecule has 0 aliphatic rings. The number of nitrogens with one attached hydrogen (secondary N) is 2. The first-order valence-corrected chi connectivity index (χ1v) is 7.82. The van der Waals surface area contributed by atoms with Crippen molar-refractivity contribution in [2.45, 2.75) is 32.7 Å². The quantitative estimate of drug-likeness (QED) is 0.748. The molecule has 0 saturated heterocycles. The topological polar surface area (TPSA) is 70.7 Å². The van der Waals surface area contributed by atoms with E-state index in [1.54, 1.807) is 6.07 Å². The Morgan fingerprint density at radius 2 is 1.84 bits per heavy atom. The normalized spacial score (nSPS) is 10.9. The van der Waals surface area contributed by atoms with Gasteiger partial charge in [-0.05, 0) is 12.5 Å². The van der Waals surface area contributed by atoms with Crippen LogP contribution in [0.25, 0.3) is 0 Å². The summed E-state index contributed by atoms with van der Waals surface area (Å²) in [5.74, 6) is -0.526. The van der Waals surface area contributed by atoms with Gasteiger partial charge in [0.2, 0.25) is 5.91 Å². The highest BCUT2D eigenvalue weighted by Crippen LogP contribution is 2.26. The maximum Gasteiger partial charge on any atom is 0.573 e. The van der Waals surface area contributed by atoms with Gasteiger partial charge in [-0.2, -0.15) is 0 Å². The minimum atomic E-state index is -4.80. The predicted molar refractivity (Wildman–Crippen MR) is 85.9 cm³/mol. The van der Waals surface area contributed by atoms with E-state index in [1.165, 1.54) is 30.1 Å². The number of alkyl halides is 3. The number of urea groups is 1. The molecular formula is C16H22F3N3O3. The van der Waals surface area contributed by atoms with E-state index in [0.29, 0.717) is 6.54 Å². The number of carbonyl (C=O) groups excluding carboxylic acids is 2. The lowest BCUT2D eigenvalue weighted by Crippen LogP contribution is -2.39. The highest BCUT2D eigenvalue weighted by molar-refractivity contribution is 5.78. The highest BCUT2D eigenvalue weighted by Gasteiger charge is 2.32. The van der Waals surface area contributed by atoms with Crippen molar-refractivity contribution in [3.8, 4) is 5.75 Å². The second-order valence-corrected chi connectivity index (χ2v) is 5.34. The Kier molecular flexibility index (Phi) is 8.03. The first kappa shape index (κ1) is 20.6. The number of amides is 3. The minimum absolute atomic E-state index is 0.0693. The van der Waals surface area contributed by atoms with Crippen LogP contribution in [0.1, 0.15) is 25.3 Å². The number of para-hydroxylation sites is 1. The second kappa shape index (κ2) is 9.75. The number of halogens is 3. The predicted octanol–water partition coefficient (Wildman–Crippen LogP) is 2.64. The summed E-state index contributed by atoms with van der Waals surface area (Å²) >= 11 is 0. The summed E-state index contributed by atoms with van der Waals surface area (Å²) in [4.78, 5) is 24.6. The number of ether oxygens (including phenoxy) is 1. The van der Waals surface area contributed by atoms with E-state index in [2.05, 4.69) is 15.4 Å². The Bertz CT molecular complexity index is 579. The van der Waals surface area contributed by atoms with E-state index in [0.717, 1.165) is 6.42 Å². The summed E-state index contributed by atoms with van der Waals surface area (Å²) in [6.45, 7) is 2.57. The van der Waals surface area contributed by atoms with Gasteiger partial charge in [0.05, 0.1) is 6.54 Å². The molecule has 1 aromatic carbocycles. The van der Waals surface area contributed by atoms with Crippen molar-refractivity contribution in [3.05, 3.63) is 29.8 Å². The zero-order valence-corrected chi connectivity index (χ0v) is 14.2. The third kappa shape index (κ3) is 8.27. The van der Waals surface area contributed by atoms with Crippen LogP contribution in [0.2, 0.25) is 0 Å². The highest BCUT2D eigenvalue weighted by atomic mass is 19.4. The standard InChI is InChI=1S/C16H22F3N3O3/c1-3-9-20-14(23)8-10-21-15(24)22(2)11-12-6-4-5-7-13(12)25-16(17,18)19/h4-7H,3,8-11H2,1-2H3,(H,20,23)(H,21,24). The molecule has 0 aromatic heterocycles. The summed E-state index contributed by atoms with van der Waals surface area (Å²) in [5.41, 5.74) is 0.221. The first-order chi connectivity index (χ1) is 11.7. The van der Waals surface area contributed by atoms with Crippen molar-refractivity contribution in [2.24, 2.45) is 0 Å². The van der Waals surface area contributed by atoms with Crippen LogP contribution in [0.3, 0.4) is 0 Å². The van der Waals surface area contributed by atoms with Crippen molar-refractivity contribution >= 4 is 11.9 Å². The van der Waals surface area contributed by atoms with Gasteiger partial charge in [-0.3, -0.25) is 4.79 Å². The molecule has 0 bridgehead atoms. The largest absolute Gasteiger partial charge is 0.573 e. The molecule has 9 heteroatoms. The van der Waals surface area contributed by atoms with Gasteiger partial charge < -0.3 is 20.3 Å². The molecule has 0 atom stereocenters. The average molecular weight is 361 g/mol. The summed E-state index contributed by atoms with van der Waals surface area (Å²) in [6.07, 6.45) is -3.85. The molecule has 0 heterocycles. The molecule has 0 fully saturated rings. The van der Waals surface area contributed by atoms with Crippen LogP contribution >= 0.6 is 0 Å². The van der Waals surface area contributed by atoms with E-state index >= 15 is 0 Å². The molecular weight excluding hydrogens is 339 g/mol. The van der Waals surface area contributed by atoms with Crippen molar-refractivity contribution in [1.29, 1.82) is 0 Å². The number of carbonyl (C=O) groups is 2. The van der Waals surface area contributed by atoms with E-state index in [1.807, 2.05) is 6.92 Å². The van der Waals surface area contributed by atoms with Gasteiger partial charge in [-0.15, -0.1) is 13.2 Å². The van der Waals surface area contributed by atoms with Crippen molar-refractivity contribution in [3.63, 3.8) is 0 Å². The molecule has 0 radical (unpaired) electrons. The molecule has 0 spiro atoms. The molecule has 1 aromatic rings. The van der Waals surface area contributed by atoms with E-state index in [-0.39, 0.29) is 36.7 Å². The number of nitrogens with zero attached hydrogens (tertiary/aromatic N) is 1. The fraction of sp³-hybridized carbons (Fsp3) is 0.500. The molecule has 0 aliphatic heterocycles. The molecule has 140 valence electrons. The van der Waals surface area contributed by atoms with Gasteiger partial charge in [-0.25, -0.2) is 4.79 Å². The van der Waals surface area contributed by atoms with Crippen molar-refractivity contribution in [2.75, 3.05) is 20.1 Å². The molecule has 0 unspecified atom stereocenters. The summed E-state index contributed by atoms with van der Waals surface area (Å²) in [5, 5.41) is 5.22. The number of hydrogen-bond donors (Lipinski definition) is 2. The van der Waals surface area contributed by atoms with E-state index in [9.17, 15) is 22.8 Å². The maximum atomic E-state index is 12.4. The summed E-state index contributed by atoms with van der Waals surface area (Å²) in [7, 11) is 1.44. The fourth-order valence-electron chi connectivity index (χ4n) is 1.96. The van der Waals surface area contributed by atoms with Crippen LogP contribution in [0, 0.1) is 0 Å².